The van der Waals surface area contributed by atoms with Gasteiger partial charge in [0.05, 0.1) is 5.52 Å². The lowest BCUT2D eigenvalue weighted by molar-refractivity contribution is 0.129. The van der Waals surface area contributed by atoms with Gasteiger partial charge in [0.1, 0.15) is 0 Å². The second kappa shape index (κ2) is 8.27. The van der Waals surface area contributed by atoms with Crippen LogP contribution < -0.4 is 16.0 Å². The van der Waals surface area contributed by atoms with E-state index in [4.69, 9.17) is 0 Å². The number of benzene rings is 1. The summed E-state index contributed by atoms with van der Waals surface area (Å²) < 4.78 is 1.81. The van der Waals surface area contributed by atoms with E-state index >= 15 is 0 Å². The van der Waals surface area contributed by atoms with Crippen molar-refractivity contribution in [3.05, 3.63) is 30.0 Å². The first-order valence-electron chi connectivity index (χ1n) is 10.1. The number of nitrogens with one attached hydrogen (secondary N) is 3. The Bertz CT molecular complexity index is 774. The SMILES string of the molecule is Cn1cc2ccc(CNC(=O)NC3CCC(N4CCNCC4)CC3)cc2n1. The van der Waals surface area contributed by atoms with Gasteiger partial charge in [0.15, 0.2) is 0 Å². The van der Waals surface area contributed by atoms with Crippen LogP contribution in [0.2, 0.25) is 0 Å². The van der Waals surface area contributed by atoms with Crippen LogP contribution in [0.1, 0.15) is 31.2 Å². The number of hydrogen-bond donors (Lipinski definition) is 3. The quantitative estimate of drug-likeness (QED) is 0.764. The second-order valence-electron chi connectivity index (χ2n) is 7.81. The fourth-order valence-electron chi connectivity index (χ4n) is 4.35. The molecular weight excluding hydrogens is 340 g/mol. The predicted octanol–water partition coefficient (Wildman–Crippen LogP) is 1.59. The van der Waals surface area contributed by atoms with Gasteiger partial charge in [-0.25, -0.2) is 4.79 Å². The molecule has 2 aliphatic rings. The van der Waals surface area contributed by atoms with Crippen molar-refractivity contribution in [2.75, 3.05) is 26.2 Å². The Labute approximate surface area is 160 Å². The number of urea groups is 1. The van der Waals surface area contributed by atoms with Gasteiger partial charge in [0.2, 0.25) is 0 Å². The molecule has 1 aliphatic heterocycles. The fourth-order valence-corrected chi connectivity index (χ4v) is 4.35. The Balaban J connectivity index is 1.21. The lowest BCUT2D eigenvalue weighted by Crippen LogP contribution is -2.51. The van der Waals surface area contributed by atoms with Gasteiger partial charge in [-0.15, -0.1) is 0 Å². The molecule has 146 valence electrons. The summed E-state index contributed by atoms with van der Waals surface area (Å²) in [4.78, 5) is 14.9. The van der Waals surface area contributed by atoms with Gasteiger partial charge in [-0.1, -0.05) is 12.1 Å². The number of carbonyl (C=O) groups excluding carboxylic acids is 1. The van der Waals surface area contributed by atoms with Crippen LogP contribution in [0.4, 0.5) is 4.79 Å². The van der Waals surface area contributed by atoms with Crippen molar-refractivity contribution in [1.82, 2.24) is 30.6 Å². The van der Waals surface area contributed by atoms with Gasteiger partial charge in [0, 0.05) is 63.4 Å². The number of aromatic nitrogens is 2. The molecule has 2 aromatic rings. The molecule has 0 bridgehead atoms. The number of aryl methyl sites for hydroxylation is 1. The first kappa shape index (κ1) is 18.3. The van der Waals surface area contributed by atoms with Crippen LogP contribution in [-0.2, 0) is 13.6 Å². The minimum Gasteiger partial charge on any atom is -0.335 e. The Morgan fingerprint density at radius 1 is 1.22 bits per heavy atom. The Kier molecular flexibility index (Phi) is 5.59. The number of rotatable bonds is 4. The normalized spacial score (nSPS) is 24.0. The summed E-state index contributed by atoms with van der Waals surface area (Å²) in [6, 6.07) is 7.05. The van der Waals surface area contributed by atoms with Crippen molar-refractivity contribution < 1.29 is 4.79 Å². The molecule has 1 aromatic carbocycles. The summed E-state index contributed by atoms with van der Waals surface area (Å²) in [7, 11) is 1.92. The molecule has 3 N–H and O–H groups in total. The van der Waals surface area contributed by atoms with Crippen molar-refractivity contribution in [1.29, 1.82) is 0 Å². The van der Waals surface area contributed by atoms with E-state index in [1.165, 1.54) is 12.8 Å². The molecule has 0 spiro atoms. The standard InChI is InChI=1S/C20H30N6O/c1-25-14-16-3-2-15(12-19(16)24-25)13-22-20(27)23-17-4-6-18(7-5-17)26-10-8-21-9-11-26/h2-3,12,14,17-18,21H,4-11,13H2,1H3,(H2,22,23,27). The lowest BCUT2D eigenvalue weighted by Gasteiger charge is -2.39. The fraction of sp³-hybridized carbons (Fsp3) is 0.600. The molecule has 0 unspecified atom stereocenters. The molecular formula is C20H30N6O. The minimum absolute atomic E-state index is 0.0678. The molecule has 7 heteroatoms. The molecule has 2 heterocycles. The van der Waals surface area contributed by atoms with E-state index in [1.54, 1.807) is 0 Å². The third kappa shape index (κ3) is 4.59. The van der Waals surface area contributed by atoms with Gasteiger partial charge in [0.25, 0.3) is 0 Å². The maximum absolute atomic E-state index is 12.3. The summed E-state index contributed by atoms with van der Waals surface area (Å²) in [5, 5.41) is 15.1. The largest absolute Gasteiger partial charge is 0.335 e. The highest BCUT2D eigenvalue weighted by Gasteiger charge is 2.27. The van der Waals surface area contributed by atoms with Crippen molar-refractivity contribution in [3.63, 3.8) is 0 Å². The van der Waals surface area contributed by atoms with Gasteiger partial charge in [-0.3, -0.25) is 9.58 Å². The number of amides is 2. The van der Waals surface area contributed by atoms with Crippen molar-refractivity contribution >= 4 is 16.9 Å². The van der Waals surface area contributed by atoms with Crippen LogP contribution in [0.5, 0.6) is 0 Å². The predicted molar refractivity (Wildman–Crippen MR) is 107 cm³/mol. The lowest BCUT2D eigenvalue weighted by atomic mass is 9.90. The van der Waals surface area contributed by atoms with Crippen LogP contribution in [-0.4, -0.2) is 59.0 Å². The number of carbonyl (C=O) groups is 1. The zero-order valence-electron chi connectivity index (χ0n) is 16.1. The molecule has 27 heavy (non-hydrogen) atoms. The van der Waals surface area contributed by atoms with Crippen LogP contribution in [0.25, 0.3) is 10.9 Å². The van der Waals surface area contributed by atoms with Crippen molar-refractivity contribution in [2.24, 2.45) is 7.05 Å². The molecule has 1 aliphatic carbocycles. The average Bonchev–Trinajstić information content (AvgIpc) is 3.07. The molecule has 1 saturated heterocycles. The van der Waals surface area contributed by atoms with E-state index in [-0.39, 0.29) is 6.03 Å². The van der Waals surface area contributed by atoms with Crippen LogP contribution in [0.15, 0.2) is 24.4 Å². The van der Waals surface area contributed by atoms with Gasteiger partial charge in [-0.05, 0) is 37.3 Å². The van der Waals surface area contributed by atoms with E-state index in [1.807, 2.05) is 30.1 Å². The van der Waals surface area contributed by atoms with E-state index in [0.29, 0.717) is 18.6 Å². The summed E-state index contributed by atoms with van der Waals surface area (Å²) >= 11 is 0. The van der Waals surface area contributed by atoms with E-state index in [9.17, 15) is 4.79 Å². The van der Waals surface area contributed by atoms with Gasteiger partial charge < -0.3 is 16.0 Å². The van der Waals surface area contributed by atoms with Crippen LogP contribution in [0, 0.1) is 0 Å². The molecule has 4 rings (SSSR count). The zero-order valence-corrected chi connectivity index (χ0v) is 16.1. The van der Waals surface area contributed by atoms with Gasteiger partial charge in [-0.2, -0.15) is 5.10 Å². The Hall–Kier alpha value is -2.12. The number of piperazine rings is 1. The molecule has 2 fully saturated rings. The average molecular weight is 371 g/mol. The van der Waals surface area contributed by atoms with Crippen molar-refractivity contribution in [3.8, 4) is 0 Å². The third-order valence-corrected chi connectivity index (χ3v) is 5.84. The molecule has 0 radical (unpaired) electrons. The summed E-state index contributed by atoms with van der Waals surface area (Å²) in [5.41, 5.74) is 2.03. The zero-order chi connectivity index (χ0) is 18.6. The van der Waals surface area contributed by atoms with Gasteiger partial charge >= 0.3 is 6.03 Å². The monoisotopic (exact) mass is 370 g/mol. The van der Waals surface area contributed by atoms with Crippen LogP contribution in [0.3, 0.4) is 0 Å². The maximum atomic E-state index is 12.3. The number of hydrogen-bond acceptors (Lipinski definition) is 4. The highest BCUT2D eigenvalue weighted by Crippen LogP contribution is 2.23. The summed E-state index contributed by atoms with van der Waals surface area (Å²) in [5.74, 6) is 0. The summed E-state index contributed by atoms with van der Waals surface area (Å²) in [6.07, 6.45) is 6.50. The highest BCUT2D eigenvalue weighted by molar-refractivity contribution is 5.79. The van der Waals surface area contributed by atoms with E-state index in [0.717, 1.165) is 55.5 Å². The molecule has 7 nitrogen and oxygen atoms in total. The molecule has 1 saturated carbocycles. The summed E-state index contributed by atoms with van der Waals surface area (Å²) in [6.45, 7) is 5.04. The first-order valence-corrected chi connectivity index (χ1v) is 10.1. The Morgan fingerprint density at radius 3 is 2.78 bits per heavy atom. The highest BCUT2D eigenvalue weighted by atomic mass is 16.2. The maximum Gasteiger partial charge on any atom is 0.315 e. The Morgan fingerprint density at radius 2 is 2.00 bits per heavy atom. The van der Waals surface area contributed by atoms with E-state index < -0.39 is 0 Å². The molecule has 1 aromatic heterocycles. The second-order valence-corrected chi connectivity index (χ2v) is 7.81. The smallest absolute Gasteiger partial charge is 0.315 e. The minimum atomic E-state index is -0.0678. The number of nitrogens with zero attached hydrogens (tertiary/aromatic N) is 3. The van der Waals surface area contributed by atoms with Crippen LogP contribution >= 0.6 is 0 Å². The third-order valence-electron chi connectivity index (χ3n) is 5.84. The van der Waals surface area contributed by atoms with E-state index in [2.05, 4.69) is 32.0 Å². The number of fused-ring (bicyclic) bond motifs is 1. The van der Waals surface area contributed by atoms with Crippen molar-refractivity contribution in [2.45, 2.75) is 44.3 Å². The topological polar surface area (TPSA) is 74.2 Å². The first-order chi connectivity index (χ1) is 13.2. The molecule has 0 atom stereocenters. The molecule has 2 amide bonds.